The molecule has 2 heterocycles. The van der Waals surface area contributed by atoms with Crippen molar-refractivity contribution < 1.29 is 9.53 Å². The first-order valence-electron chi connectivity index (χ1n) is 6.72. The van der Waals surface area contributed by atoms with Crippen LogP contribution >= 0.6 is 11.8 Å². The second-order valence-corrected chi connectivity index (χ2v) is 5.75. The predicted octanol–water partition coefficient (Wildman–Crippen LogP) is 1.55. The van der Waals surface area contributed by atoms with Gasteiger partial charge in [0.2, 0.25) is 5.91 Å². The number of hydrogen-bond acceptors (Lipinski definition) is 5. The van der Waals surface area contributed by atoms with Crippen molar-refractivity contribution in [1.82, 2.24) is 20.1 Å². The van der Waals surface area contributed by atoms with Gasteiger partial charge in [0.05, 0.1) is 18.4 Å². The number of nitrogens with one attached hydrogen (secondary N) is 1. The predicted molar refractivity (Wildman–Crippen MR) is 79.2 cm³/mol. The van der Waals surface area contributed by atoms with Crippen LogP contribution in [-0.4, -0.2) is 33.0 Å². The van der Waals surface area contributed by atoms with E-state index in [4.69, 9.17) is 4.74 Å². The van der Waals surface area contributed by atoms with Gasteiger partial charge in [0.25, 0.3) is 0 Å². The fourth-order valence-electron chi connectivity index (χ4n) is 2.26. The molecule has 0 aliphatic carbocycles. The average Bonchev–Trinajstić information content (AvgIpc) is 2.91. The Hall–Kier alpha value is -2.02. The van der Waals surface area contributed by atoms with Gasteiger partial charge in [0, 0.05) is 19.0 Å². The number of aryl methyl sites for hydroxylation is 1. The molecule has 0 radical (unpaired) electrons. The minimum absolute atomic E-state index is 0.00953. The quantitative estimate of drug-likeness (QED) is 0.868. The first-order valence-corrected chi connectivity index (χ1v) is 7.70. The maximum atomic E-state index is 12.1. The summed E-state index contributed by atoms with van der Waals surface area (Å²) in [4.78, 5) is 12.1. The van der Waals surface area contributed by atoms with Crippen LogP contribution in [0.1, 0.15) is 18.0 Å². The molecule has 3 rings (SSSR count). The van der Waals surface area contributed by atoms with Gasteiger partial charge in [0.15, 0.2) is 5.16 Å². The smallest absolute Gasteiger partial charge is 0.230 e. The summed E-state index contributed by atoms with van der Waals surface area (Å²) in [5.74, 6) is 1.17. The van der Waals surface area contributed by atoms with E-state index in [9.17, 15) is 4.79 Å². The van der Waals surface area contributed by atoms with Crippen LogP contribution in [0.4, 0.5) is 0 Å². The van der Waals surface area contributed by atoms with Gasteiger partial charge in [-0.2, -0.15) is 0 Å². The summed E-state index contributed by atoms with van der Waals surface area (Å²) in [5, 5.41) is 11.5. The monoisotopic (exact) mass is 304 g/mol. The van der Waals surface area contributed by atoms with E-state index in [1.54, 1.807) is 10.9 Å². The van der Waals surface area contributed by atoms with E-state index in [1.165, 1.54) is 11.8 Å². The van der Waals surface area contributed by atoms with E-state index in [-0.39, 0.29) is 11.9 Å². The van der Waals surface area contributed by atoms with Crippen molar-refractivity contribution >= 4 is 17.7 Å². The Labute approximate surface area is 126 Å². The van der Waals surface area contributed by atoms with Crippen LogP contribution in [0.5, 0.6) is 5.75 Å². The minimum Gasteiger partial charge on any atom is -0.493 e. The SMILES string of the molecule is Cn1cnnc1SCC(=O)NC1CCOc2ccccc21. The molecule has 0 fully saturated rings. The third-order valence-electron chi connectivity index (χ3n) is 3.30. The number of thioether (sulfide) groups is 1. The maximum absolute atomic E-state index is 12.1. The molecular weight excluding hydrogens is 288 g/mol. The van der Waals surface area contributed by atoms with Gasteiger partial charge in [-0.05, 0) is 6.07 Å². The third-order valence-corrected chi connectivity index (χ3v) is 4.33. The number of rotatable bonds is 4. The van der Waals surface area contributed by atoms with Crippen LogP contribution in [0.25, 0.3) is 0 Å². The number of aromatic nitrogens is 3. The van der Waals surface area contributed by atoms with Gasteiger partial charge < -0.3 is 14.6 Å². The topological polar surface area (TPSA) is 69.0 Å². The van der Waals surface area contributed by atoms with Crippen LogP contribution in [-0.2, 0) is 11.8 Å². The number of carbonyl (C=O) groups is 1. The molecule has 0 spiro atoms. The molecule has 1 atom stereocenters. The van der Waals surface area contributed by atoms with Crippen molar-refractivity contribution in [2.75, 3.05) is 12.4 Å². The highest BCUT2D eigenvalue weighted by Gasteiger charge is 2.22. The largest absolute Gasteiger partial charge is 0.493 e. The summed E-state index contributed by atoms with van der Waals surface area (Å²) in [6, 6.07) is 7.84. The lowest BCUT2D eigenvalue weighted by atomic mass is 10.0. The normalized spacial score (nSPS) is 16.9. The molecule has 0 bridgehead atoms. The molecule has 21 heavy (non-hydrogen) atoms. The highest BCUT2D eigenvalue weighted by Crippen LogP contribution is 2.31. The second kappa shape index (κ2) is 6.17. The number of nitrogens with zero attached hydrogens (tertiary/aromatic N) is 3. The fraction of sp³-hybridized carbons (Fsp3) is 0.357. The molecule has 1 N–H and O–H groups in total. The van der Waals surface area contributed by atoms with E-state index >= 15 is 0 Å². The Bertz CT molecular complexity index is 643. The van der Waals surface area contributed by atoms with Crippen LogP contribution in [0.3, 0.4) is 0 Å². The van der Waals surface area contributed by atoms with E-state index in [1.807, 2.05) is 31.3 Å². The molecule has 1 aromatic heterocycles. The van der Waals surface area contributed by atoms with Crippen molar-refractivity contribution in [3.05, 3.63) is 36.2 Å². The lowest BCUT2D eigenvalue weighted by Gasteiger charge is -2.26. The van der Waals surface area contributed by atoms with Crippen LogP contribution in [0.15, 0.2) is 35.7 Å². The first kappa shape index (κ1) is 13.9. The van der Waals surface area contributed by atoms with Crippen molar-refractivity contribution in [2.24, 2.45) is 7.05 Å². The zero-order valence-corrected chi connectivity index (χ0v) is 12.5. The number of hydrogen-bond donors (Lipinski definition) is 1. The molecule has 1 aliphatic heterocycles. The summed E-state index contributed by atoms with van der Waals surface area (Å²) in [7, 11) is 1.86. The Morgan fingerprint density at radius 3 is 3.19 bits per heavy atom. The Kier molecular flexibility index (Phi) is 4.10. The van der Waals surface area contributed by atoms with Crippen LogP contribution in [0, 0.1) is 0 Å². The van der Waals surface area contributed by atoms with Crippen molar-refractivity contribution in [2.45, 2.75) is 17.6 Å². The third kappa shape index (κ3) is 3.18. The molecular formula is C14H16N4O2S. The highest BCUT2D eigenvalue weighted by atomic mass is 32.2. The summed E-state index contributed by atoms with van der Waals surface area (Å²) in [6.07, 6.45) is 2.41. The molecule has 0 saturated carbocycles. The summed E-state index contributed by atoms with van der Waals surface area (Å²) >= 11 is 1.38. The number of fused-ring (bicyclic) bond motifs is 1. The van der Waals surface area contributed by atoms with Crippen LogP contribution < -0.4 is 10.1 Å². The molecule has 1 aliphatic rings. The second-order valence-electron chi connectivity index (χ2n) is 4.81. The number of ether oxygens (including phenoxy) is 1. The maximum Gasteiger partial charge on any atom is 0.230 e. The van der Waals surface area contributed by atoms with E-state index in [0.29, 0.717) is 12.4 Å². The summed E-state index contributed by atoms with van der Waals surface area (Å²) in [5.41, 5.74) is 1.04. The fourth-order valence-corrected chi connectivity index (χ4v) is 2.96. The molecule has 2 aromatic rings. The lowest BCUT2D eigenvalue weighted by Crippen LogP contribution is -2.33. The molecule has 1 aromatic carbocycles. The van der Waals surface area contributed by atoms with E-state index in [2.05, 4.69) is 15.5 Å². The molecule has 1 unspecified atom stereocenters. The van der Waals surface area contributed by atoms with Gasteiger partial charge >= 0.3 is 0 Å². The molecule has 0 saturated heterocycles. The van der Waals surface area contributed by atoms with Crippen molar-refractivity contribution in [3.63, 3.8) is 0 Å². The molecule has 6 nitrogen and oxygen atoms in total. The molecule has 1 amide bonds. The molecule has 110 valence electrons. The van der Waals surface area contributed by atoms with Crippen molar-refractivity contribution in [3.8, 4) is 5.75 Å². The number of para-hydroxylation sites is 1. The lowest BCUT2D eigenvalue weighted by molar-refractivity contribution is -0.119. The van der Waals surface area contributed by atoms with Gasteiger partial charge in [-0.3, -0.25) is 4.79 Å². The summed E-state index contributed by atoms with van der Waals surface area (Å²) in [6.45, 7) is 0.623. The Balaban J connectivity index is 1.60. The highest BCUT2D eigenvalue weighted by molar-refractivity contribution is 7.99. The van der Waals surface area contributed by atoms with E-state index < -0.39 is 0 Å². The van der Waals surface area contributed by atoms with Crippen LogP contribution in [0.2, 0.25) is 0 Å². The van der Waals surface area contributed by atoms with Gasteiger partial charge in [0.1, 0.15) is 12.1 Å². The summed E-state index contributed by atoms with van der Waals surface area (Å²) < 4.78 is 7.39. The number of amides is 1. The zero-order valence-electron chi connectivity index (χ0n) is 11.7. The van der Waals surface area contributed by atoms with Crippen molar-refractivity contribution in [1.29, 1.82) is 0 Å². The Morgan fingerprint density at radius 1 is 1.52 bits per heavy atom. The Morgan fingerprint density at radius 2 is 2.38 bits per heavy atom. The molecule has 7 heteroatoms. The minimum atomic E-state index is -0.00953. The van der Waals surface area contributed by atoms with E-state index in [0.717, 1.165) is 22.9 Å². The van der Waals surface area contributed by atoms with Gasteiger partial charge in [-0.1, -0.05) is 30.0 Å². The number of carbonyl (C=O) groups excluding carboxylic acids is 1. The first-order chi connectivity index (χ1) is 10.2. The average molecular weight is 304 g/mol. The zero-order chi connectivity index (χ0) is 14.7. The van der Waals surface area contributed by atoms with Gasteiger partial charge in [-0.15, -0.1) is 10.2 Å². The standard InChI is InChI=1S/C14H16N4O2S/c1-18-9-15-17-14(18)21-8-13(19)16-11-6-7-20-12-5-3-2-4-10(11)12/h2-5,9,11H,6-8H2,1H3,(H,16,19). The van der Waals surface area contributed by atoms with Gasteiger partial charge in [-0.25, -0.2) is 0 Å². The number of benzene rings is 1.